The molecule has 1 aromatic carbocycles. The molecule has 0 spiro atoms. The summed E-state index contributed by atoms with van der Waals surface area (Å²) in [5.41, 5.74) is 5.98. The van der Waals surface area contributed by atoms with Crippen LogP contribution in [-0.2, 0) is 10.5 Å². The van der Waals surface area contributed by atoms with E-state index in [1.807, 2.05) is 0 Å². The number of nitrogens with zero attached hydrogens (tertiary/aromatic N) is 4. The Bertz CT molecular complexity index is 1010. The quantitative estimate of drug-likeness (QED) is 0.623. The van der Waals surface area contributed by atoms with Gasteiger partial charge in [0, 0.05) is 17.9 Å². The Balaban J connectivity index is 1.71. The zero-order valence-electron chi connectivity index (χ0n) is 13.6. The van der Waals surface area contributed by atoms with Crippen LogP contribution >= 0.6 is 11.8 Å². The Kier molecular flexibility index (Phi) is 5.22. The van der Waals surface area contributed by atoms with Crippen LogP contribution in [0.4, 0.5) is 5.69 Å². The highest BCUT2D eigenvalue weighted by Gasteiger charge is 2.24. The third-order valence-electron chi connectivity index (χ3n) is 3.29. The van der Waals surface area contributed by atoms with Crippen LogP contribution < -0.4 is 5.73 Å². The summed E-state index contributed by atoms with van der Waals surface area (Å²) in [7, 11) is 0. The number of benzene rings is 1. The SMILES string of the molecule is NC1=NC(SCc2cccc([N+](=O)[O-])c2)=NC(=O)C1=NC(=O)c1ccco1. The number of amidine groups is 2. The summed E-state index contributed by atoms with van der Waals surface area (Å²) < 4.78 is 4.91. The van der Waals surface area contributed by atoms with Gasteiger partial charge in [0.05, 0.1) is 11.2 Å². The summed E-state index contributed by atoms with van der Waals surface area (Å²) in [5.74, 6) is -1.56. The standard InChI is InChI=1S/C16H11N5O5S/c17-13-12(18-14(22)11-5-2-6-26-11)15(23)20-16(19-13)27-8-9-3-1-4-10(7-9)21(24)25/h1-7H,8H2,(H2,17,19,20,23). The Labute approximate surface area is 156 Å². The molecular formula is C16H11N5O5S. The lowest BCUT2D eigenvalue weighted by molar-refractivity contribution is -0.384. The van der Waals surface area contributed by atoms with Gasteiger partial charge < -0.3 is 10.2 Å². The van der Waals surface area contributed by atoms with Crippen LogP contribution in [-0.4, -0.2) is 33.5 Å². The number of nitro benzene ring substituents is 1. The summed E-state index contributed by atoms with van der Waals surface area (Å²) in [6, 6.07) is 8.97. The maximum atomic E-state index is 12.1. The first-order valence-corrected chi connectivity index (χ1v) is 8.43. The van der Waals surface area contributed by atoms with Crippen LogP contribution in [0.2, 0.25) is 0 Å². The maximum Gasteiger partial charge on any atom is 0.313 e. The molecule has 10 nitrogen and oxygen atoms in total. The number of carbonyl (C=O) groups is 2. The Morgan fingerprint density at radius 1 is 1.30 bits per heavy atom. The minimum absolute atomic E-state index is 0.0383. The molecule has 0 saturated carbocycles. The lowest BCUT2D eigenvalue weighted by Crippen LogP contribution is -2.35. The van der Waals surface area contributed by atoms with E-state index in [2.05, 4.69) is 15.0 Å². The summed E-state index contributed by atoms with van der Waals surface area (Å²) >= 11 is 1.08. The van der Waals surface area contributed by atoms with Crippen LogP contribution in [0.3, 0.4) is 0 Å². The Morgan fingerprint density at radius 2 is 2.11 bits per heavy atom. The van der Waals surface area contributed by atoms with E-state index < -0.39 is 16.7 Å². The maximum absolute atomic E-state index is 12.1. The molecule has 0 radical (unpaired) electrons. The van der Waals surface area contributed by atoms with Gasteiger partial charge in [-0.1, -0.05) is 23.9 Å². The van der Waals surface area contributed by atoms with Crippen LogP contribution in [0.15, 0.2) is 62.1 Å². The number of thioether (sulfide) groups is 1. The lowest BCUT2D eigenvalue weighted by atomic mass is 10.2. The van der Waals surface area contributed by atoms with E-state index in [1.54, 1.807) is 12.1 Å². The fraction of sp³-hybridized carbons (Fsp3) is 0.0625. The molecule has 2 amide bonds. The highest BCUT2D eigenvalue weighted by Crippen LogP contribution is 2.20. The monoisotopic (exact) mass is 385 g/mol. The molecule has 2 aromatic rings. The van der Waals surface area contributed by atoms with E-state index >= 15 is 0 Å². The second-order valence-corrected chi connectivity index (χ2v) is 6.10. The number of nitrogens with two attached hydrogens (primary N) is 1. The number of furan rings is 1. The molecule has 0 aliphatic carbocycles. The molecule has 27 heavy (non-hydrogen) atoms. The van der Waals surface area contributed by atoms with Crippen molar-refractivity contribution in [1.29, 1.82) is 0 Å². The molecule has 0 saturated heterocycles. The fourth-order valence-corrected chi connectivity index (χ4v) is 2.85. The number of amides is 2. The van der Waals surface area contributed by atoms with Crippen molar-refractivity contribution in [2.45, 2.75) is 5.75 Å². The van der Waals surface area contributed by atoms with Crippen molar-refractivity contribution in [3.8, 4) is 0 Å². The summed E-state index contributed by atoms with van der Waals surface area (Å²) in [4.78, 5) is 45.6. The number of hydrogen-bond acceptors (Lipinski definition) is 8. The zero-order chi connectivity index (χ0) is 19.4. The van der Waals surface area contributed by atoms with Crippen molar-refractivity contribution in [3.63, 3.8) is 0 Å². The van der Waals surface area contributed by atoms with Gasteiger partial charge in [-0.3, -0.25) is 19.7 Å². The molecule has 0 fully saturated rings. The van der Waals surface area contributed by atoms with Gasteiger partial charge in [0.15, 0.2) is 22.5 Å². The summed E-state index contributed by atoms with van der Waals surface area (Å²) in [5, 5.41) is 10.9. The number of carbonyl (C=O) groups excluding carboxylic acids is 2. The van der Waals surface area contributed by atoms with Crippen molar-refractivity contribution in [2.24, 2.45) is 20.7 Å². The second-order valence-electron chi connectivity index (χ2n) is 5.16. The van der Waals surface area contributed by atoms with Gasteiger partial charge in [-0.2, -0.15) is 9.98 Å². The van der Waals surface area contributed by atoms with Gasteiger partial charge in [0.1, 0.15) is 0 Å². The Hall–Kier alpha value is -3.60. The van der Waals surface area contributed by atoms with E-state index in [0.717, 1.165) is 11.8 Å². The number of nitro groups is 1. The average Bonchev–Trinajstić information content (AvgIpc) is 3.18. The van der Waals surface area contributed by atoms with Crippen LogP contribution in [0, 0.1) is 10.1 Å². The number of non-ortho nitro benzene ring substituents is 1. The highest BCUT2D eigenvalue weighted by molar-refractivity contribution is 8.13. The van der Waals surface area contributed by atoms with E-state index in [1.165, 1.54) is 30.5 Å². The van der Waals surface area contributed by atoms with Gasteiger partial charge in [-0.15, -0.1) is 0 Å². The molecule has 3 rings (SSSR count). The predicted octanol–water partition coefficient (Wildman–Crippen LogP) is 1.96. The van der Waals surface area contributed by atoms with E-state index in [4.69, 9.17) is 10.2 Å². The van der Waals surface area contributed by atoms with Crippen molar-refractivity contribution in [3.05, 3.63) is 64.1 Å². The summed E-state index contributed by atoms with van der Waals surface area (Å²) in [6.07, 6.45) is 1.30. The smallest absolute Gasteiger partial charge is 0.313 e. The molecule has 136 valence electrons. The van der Waals surface area contributed by atoms with Gasteiger partial charge in [0.25, 0.3) is 5.69 Å². The molecule has 2 heterocycles. The molecule has 1 aliphatic rings. The molecule has 1 aromatic heterocycles. The first kappa shape index (κ1) is 18.2. The second kappa shape index (κ2) is 7.74. The largest absolute Gasteiger partial charge is 0.459 e. The molecule has 1 aliphatic heterocycles. The molecule has 0 atom stereocenters. The number of hydrogen-bond donors (Lipinski definition) is 1. The minimum Gasteiger partial charge on any atom is -0.459 e. The minimum atomic E-state index is -0.802. The molecule has 11 heteroatoms. The van der Waals surface area contributed by atoms with Gasteiger partial charge in [-0.05, 0) is 17.7 Å². The van der Waals surface area contributed by atoms with Gasteiger partial charge in [-0.25, -0.2) is 4.99 Å². The van der Waals surface area contributed by atoms with Gasteiger partial charge in [0.2, 0.25) is 0 Å². The van der Waals surface area contributed by atoms with Crippen molar-refractivity contribution in [2.75, 3.05) is 0 Å². The zero-order valence-corrected chi connectivity index (χ0v) is 14.4. The molecular weight excluding hydrogens is 374 g/mol. The average molecular weight is 385 g/mol. The third-order valence-corrected chi connectivity index (χ3v) is 4.21. The third kappa shape index (κ3) is 4.33. The topological polar surface area (TPSA) is 154 Å². The predicted molar refractivity (Wildman–Crippen MR) is 98.9 cm³/mol. The lowest BCUT2D eigenvalue weighted by Gasteiger charge is -2.09. The van der Waals surface area contributed by atoms with Crippen LogP contribution in [0.5, 0.6) is 0 Å². The first-order chi connectivity index (χ1) is 12.9. The Morgan fingerprint density at radius 3 is 2.78 bits per heavy atom. The van der Waals surface area contributed by atoms with Crippen molar-refractivity contribution >= 4 is 46.0 Å². The van der Waals surface area contributed by atoms with Crippen molar-refractivity contribution in [1.82, 2.24) is 0 Å². The highest BCUT2D eigenvalue weighted by atomic mass is 32.2. The first-order valence-electron chi connectivity index (χ1n) is 7.44. The van der Waals surface area contributed by atoms with Gasteiger partial charge >= 0.3 is 11.8 Å². The van der Waals surface area contributed by atoms with E-state index in [9.17, 15) is 19.7 Å². The fourth-order valence-electron chi connectivity index (χ4n) is 2.06. The van der Waals surface area contributed by atoms with E-state index in [0.29, 0.717) is 11.3 Å². The summed E-state index contributed by atoms with van der Waals surface area (Å²) in [6.45, 7) is 0. The number of aliphatic imine (C=N–C) groups is 3. The van der Waals surface area contributed by atoms with Crippen LogP contribution in [0.1, 0.15) is 16.1 Å². The molecule has 0 unspecified atom stereocenters. The van der Waals surface area contributed by atoms with E-state index in [-0.39, 0.29) is 28.2 Å². The van der Waals surface area contributed by atoms with Crippen LogP contribution in [0.25, 0.3) is 0 Å². The molecule has 0 bridgehead atoms. The van der Waals surface area contributed by atoms with Crippen molar-refractivity contribution < 1.29 is 18.9 Å². The molecule has 2 N–H and O–H groups in total. The number of rotatable bonds is 4. The normalized spacial score (nSPS) is 15.4.